The van der Waals surface area contributed by atoms with E-state index in [1.165, 1.54) is 0 Å². The SMILES string of the molecule is C[C@H](NC(=O)C1CCCCN1)c1ccccc1Cl. The van der Waals surface area contributed by atoms with E-state index in [2.05, 4.69) is 10.6 Å². The lowest BCUT2D eigenvalue weighted by Crippen LogP contribution is -2.47. The maximum atomic E-state index is 12.1. The highest BCUT2D eigenvalue weighted by Crippen LogP contribution is 2.22. The highest BCUT2D eigenvalue weighted by atomic mass is 35.5. The van der Waals surface area contributed by atoms with Gasteiger partial charge < -0.3 is 10.6 Å². The minimum absolute atomic E-state index is 0.0521. The topological polar surface area (TPSA) is 41.1 Å². The Morgan fingerprint density at radius 2 is 2.22 bits per heavy atom. The van der Waals surface area contributed by atoms with E-state index in [4.69, 9.17) is 11.6 Å². The van der Waals surface area contributed by atoms with Gasteiger partial charge in [0.25, 0.3) is 0 Å². The van der Waals surface area contributed by atoms with E-state index in [1.54, 1.807) is 0 Å². The summed E-state index contributed by atoms with van der Waals surface area (Å²) in [4.78, 5) is 12.1. The second-order valence-corrected chi connectivity index (χ2v) is 5.16. The van der Waals surface area contributed by atoms with E-state index in [0.717, 1.165) is 31.4 Å². The van der Waals surface area contributed by atoms with E-state index < -0.39 is 0 Å². The summed E-state index contributed by atoms with van der Waals surface area (Å²) in [5, 5.41) is 6.96. The van der Waals surface area contributed by atoms with Crippen LogP contribution in [0.2, 0.25) is 5.02 Å². The highest BCUT2D eigenvalue weighted by Gasteiger charge is 2.22. The number of benzene rings is 1. The molecule has 0 saturated carbocycles. The fourth-order valence-corrected chi connectivity index (χ4v) is 2.59. The molecule has 4 heteroatoms. The molecule has 0 radical (unpaired) electrons. The van der Waals surface area contributed by atoms with Crippen LogP contribution >= 0.6 is 11.6 Å². The maximum absolute atomic E-state index is 12.1. The molecule has 2 rings (SSSR count). The van der Waals surface area contributed by atoms with Gasteiger partial charge in [-0.15, -0.1) is 0 Å². The molecular formula is C14H19ClN2O. The molecule has 1 saturated heterocycles. The molecule has 0 aliphatic carbocycles. The zero-order valence-corrected chi connectivity index (χ0v) is 11.3. The first kappa shape index (κ1) is 13.4. The Labute approximate surface area is 113 Å². The van der Waals surface area contributed by atoms with Crippen LogP contribution in [0.3, 0.4) is 0 Å². The molecule has 18 heavy (non-hydrogen) atoms. The van der Waals surface area contributed by atoms with Crippen molar-refractivity contribution in [1.82, 2.24) is 10.6 Å². The third kappa shape index (κ3) is 3.24. The van der Waals surface area contributed by atoms with Crippen molar-refractivity contribution in [3.05, 3.63) is 34.9 Å². The number of amides is 1. The molecular weight excluding hydrogens is 248 g/mol. The fourth-order valence-electron chi connectivity index (χ4n) is 2.29. The molecule has 3 nitrogen and oxygen atoms in total. The van der Waals surface area contributed by atoms with Crippen molar-refractivity contribution in [2.24, 2.45) is 0 Å². The molecule has 1 aliphatic rings. The van der Waals surface area contributed by atoms with Crippen molar-refractivity contribution in [2.75, 3.05) is 6.54 Å². The molecule has 1 amide bonds. The van der Waals surface area contributed by atoms with Crippen LogP contribution in [0.25, 0.3) is 0 Å². The summed E-state index contributed by atoms with van der Waals surface area (Å²) < 4.78 is 0. The Kier molecular flexibility index (Phi) is 4.61. The molecule has 0 aromatic heterocycles. The number of nitrogens with one attached hydrogen (secondary N) is 2. The molecule has 0 spiro atoms. The van der Waals surface area contributed by atoms with E-state index in [1.807, 2.05) is 31.2 Å². The number of hydrogen-bond donors (Lipinski definition) is 2. The highest BCUT2D eigenvalue weighted by molar-refractivity contribution is 6.31. The van der Waals surface area contributed by atoms with Crippen molar-refractivity contribution in [1.29, 1.82) is 0 Å². The Hall–Kier alpha value is -1.06. The molecule has 1 aliphatic heterocycles. The van der Waals surface area contributed by atoms with Gasteiger partial charge in [-0.05, 0) is 37.9 Å². The smallest absolute Gasteiger partial charge is 0.237 e. The van der Waals surface area contributed by atoms with Crippen LogP contribution in [-0.4, -0.2) is 18.5 Å². The Morgan fingerprint density at radius 1 is 1.44 bits per heavy atom. The minimum atomic E-state index is -0.0603. The predicted octanol–water partition coefficient (Wildman–Crippen LogP) is 2.66. The first-order chi connectivity index (χ1) is 8.68. The lowest BCUT2D eigenvalue weighted by Gasteiger charge is -2.25. The van der Waals surface area contributed by atoms with Gasteiger partial charge in [0.2, 0.25) is 5.91 Å². The summed E-state index contributed by atoms with van der Waals surface area (Å²) in [6.07, 6.45) is 3.19. The minimum Gasteiger partial charge on any atom is -0.348 e. The molecule has 1 aromatic carbocycles. The Bertz CT molecular complexity index is 416. The van der Waals surface area contributed by atoms with Crippen molar-refractivity contribution in [3.8, 4) is 0 Å². The summed E-state index contributed by atoms with van der Waals surface area (Å²) in [5.74, 6) is 0.0714. The molecule has 98 valence electrons. The standard InChI is InChI=1S/C14H19ClN2O/c1-10(11-6-2-3-7-12(11)15)17-14(18)13-8-4-5-9-16-13/h2-3,6-7,10,13,16H,4-5,8-9H2,1H3,(H,17,18)/t10-,13?/m0/s1. The van der Waals surface area contributed by atoms with Crippen LogP contribution in [0.5, 0.6) is 0 Å². The fraction of sp³-hybridized carbons (Fsp3) is 0.500. The number of carbonyl (C=O) groups excluding carboxylic acids is 1. The second-order valence-electron chi connectivity index (χ2n) is 4.75. The third-order valence-electron chi connectivity index (χ3n) is 3.36. The van der Waals surface area contributed by atoms with Crippen LogP contribution < -0.4 is 10.6 Å². The zero-order chi connectivity index (χ0) is 13.0. The lowest BCUT2D eigenvalue weighted by molar-refractivity contribution is -0.124. The van der Waals surface area contributed by atoms with E-state index in [0.29, 0.717) is 5.02 Å². The summed E-state index contributed by atoms with van der Waals surface area (Å²) >= 11 is 6.12. The maximum Gasteiger partial charge on any atom is 0.237 e. The van der Waals surface area contributed by atoms with Gasteiger partial charge in [-0.2, -0.15) is 0 Å². The number of halogens is 1. The summed E-state index contributed by atoms with van der Waals surface area (Å²) in [6, 6.07) is 7.50. The number of hydrogen-bond acceptors (Lipinski definition) is 2. The van der Waals surface area contributed by atoms with Crippen LogP contribution in [0, 0.1) is 0 Å². The van der Waals surface area contributed by atoms with Crippen molar-refractivity contribution < 1.29 is 4.79 Å². The van der Waals surface area contributed by atoms with Crippen LogP contribution in [0.15, 0.2) is 24.3 Å². The van der Waals surface area contributed by atoms with E-state index >= 15 is 0 Å². The molecule has 1 fully saturated rings. The normalized spacial score (nSPS) is 21.3. The van der Waals surface area contributed by atoms with Crippen LogP contribution in [0.4, 0.5) is 0 Å². The molecule has 2 N–H and O–H groups in total. The molecule has 1 heterocycles. The average molecular weight is 267 g/mol. The average Bonchev–Trinajstić information content (AvgIpc) is 2.40. The Balaban J connectivity index is 1.96. The summed E-state index contributed by atoms with van der Waals surface area (Å²) in [6.45, 7) is 2.89. The van der Waals surface area contributed by atoms with Gasteiger partial charge in [-0.25, -0.2) is 0 Å². The second kappa shape index (κ2) is 6.21. The van der Waals surface area contributed by atoms with Gasteiger partial charge >= 0.3 is 0 Å². The number of rotatable bonds is 3. The number of piperidine rings is 1. The van der Waals surface area contributed by atoms with Crippen LogP contribution in [0.1, 0.15) is 37.8 Å². The molecule has 0 bridgehead atoms. The van der Waals surface area contributed by atoms with Crippen molar-refractivity contribution >= 4 is 17.5 Å². The lowest BCUT2D eigenvalue weighted by atomic mass is 10.0. The third-order valence-corrected chi connectivity index (χ3v) is 3.70. The predicted molar refractivity (Wildman–Crippen MR) is 73.7 cm³/mol. The monoisotopic (exact) mass is 266 g/mol. The van der Waals surface area contributed by atoms with Crippen molar-refractivity contribution in [3.63, 3.8) is 0 Å². The largest absolute Gasteiger partial charge is 0.348 e. The quantitative estimate of drug-likeness (QED) is 0.883. The van der Waals surface area contributed by atoms with Gasteiger partial charge in [0.05, 0.1) is 12.1 Å². The van der Waals surface area contributed by atoms with E-state index in [-0.39, 0.29) is 18.0 Å². The van der Waals surface area contributed by atoms with Gasteiger partial charge in [-0.3, -0.25) is 4.79 Å². The zero-order valence-electron chi connectivity index (χ0n) is 10.6. The molecule has 1 unspecified atom stereocenters. The van der Waals surface area contributed by atoms with Gasteiger partial charge in [0, 0.05) is 5.02 Å². The van der Waals surface area contributed by atoms with Crippen molar-refractivity contribution in [2.45, 2.75) is 38.3 Å². The summed E-state index contributed by atoms with van der Waals surface area (Å²) in [5.41, 5.74) is 0.961. The molecule has 1 aromatic rings. The number of carbonyl (C=O) groups is 1. The molecule has 2 atom stereocenters. The Morgan fingerprint density at radius 3 is 2.89 bits per heavy atom. The van der Waals surface area contributed by atoms with E-state index in [9.17, 15) is 4.79 Å². The van der Waals surface area contributed by atoms with Crippen LogP contribution in [-0.2, 0) is 4.79 Å². The van der Waals surface area contributed by atoms with Gasteiger partial charge in [0.1, 0.15) is 0 Å². The first-order valence-corrected chi connectivity index (χ1v) is 6.84. The first-order valence-electron chi connectivity index (χ1n) is 6.46. The summed E-state index contributed by atoms with van der Waals surface area (Å²) in [7, 11) is 0. The van der Waals surface area contributed by atoms with Gasteiger partial charge in [0.15, 0.2) is 0 Å². The van der Waals surface area contributed by atoms with Gasteiger partial charge in [-0.1, -0.05) is 36.2 Å².